The van der Waals surface area contributed by atoms with Crippen molar-refractivity contribution in [3.63, 3.8) is 0 Å². The zero-order valence-electron chi connectivity index (χ0n) is 17.5. The third-order valence-corrected chi connectivity index (χ3v) is 4.99. The summed E-state index contributed by atoms with van der Waals surface area (Å²) in [5, 5.41) is 0.251. The number of fused-ring (bicyclic) bond motifs is 2. The van der Waals surface area contributed by atoms with Crippen molar-refractivity contribution in [1.29, 1.82) is 0 Å². The zero-order chi connectivity index (χ0) is 23.5. The molecule has 5 rings (SSSR count). The molecule has 0 atom stereocenters. The Morgan fingerprint density at radius 2 is 1.70 bits per heavy atom. The van der Waals surface area contributed by atoms with Crippen LogP contribution in [0.1, 0.15) is 19.0 Å². The number of imidazole rings is 1. The van der Waals surface area contributed by atoms with Crippen molar-refractivity contribution >= 4 is 27.8 Å². The van der Waals surface area contributed by atoms with E-state index in [1.54, 1.807) is 12.1 Å². The van der Waals surface area contributed by atoms with Crippen LogP contribution in [0.4, 0.5) is 19.0 Å². The van der Waals surface area contributed by atoms with Crippen molar-refractivity contribution < 1.29 is 13.2 Å². The van der Waals surface area contributed by atoms with Gasteiger partial charge in [-0.25, -0.2) is 28.1 Å². The third-order valence-electron chi connectivity index (χ3n) is 4.99. The standard InChI is InChI=1S/C18H14F3NO.C5H5N5/c1-2-5-12-10-11-6-3-7-13(19)16(11)18(23)22(12)17-14(20)8-4-9-15(17)21;6-4-3-5(9-1-7-3)10-2-8-4/h3-4,6-10H,2,5H2,1H3;1-2H,(H3,6,7,8,9,10). The average molecular weight is 452 g/mol. The molecule has 0 aliphatic carbocycles. The highest BCUT2D eigenvalue weighted by molar-refractivity contribution is 5.83. The molecule has 10 heteroatoms. The Bertz CT molecular complexity index is 1490. The van der Waals surface area contributed by atoms with Gasteiger partial charge in [-0.3, -0.25) is 9.36 Å². The number of pyridine rings is 1. The lowest BCUT2D eigenvalue weighted by atomic mass is 10.1. The van der Waals surface area contributed by atoms with E-state index in [0.717, 1.165) is 22.8 Å². The Labute approximate surface area is 185 Å². The van der Waals surface area contributed by atoms with Gasteiger partial charge in [-0.15, -0.1) is 0 Å². The fourth-order valence-corrected chi connectivity index (χ4v) is 3.54. The van der Waals surface area contributed by atoms with Crippen molar-refractivity contribution in [1.82, 2.24) is 24.5 Å². The maximum Gasteiger partial charge on any atom is 0.266 e. The number of nitrogens with two attached hydrogens (primary N) is 1. The molecule has 5 aromatic rings. The first-order valence-corrected chi connectivity index (χ1v) is 10.1. The lowest BCUT2D eigenvalue weighted by Gasteiger charge is -2.15. The van der Waals surface area contributed by atoms with E-state index in [9.17, 15) is 18.0 Å². The lowest BCUT2D eigenvalue weighted by Crippen LogP contribution is -2.25. The van der Waals surface area contributed by atoms with Crippen molar-refractivity contribution in [2.24, 2.45) is 0 Å². The summed E-state index contributed by atoms with van der Waals surface area (Å²) in [7, 11) is 0. The molecule has 168 valence electrons. The lowest BCUT2D eigenvalue weighted by molar-refractivity contribution is 0.562. The van der Waals surface area contributed by atoms with Crippen LogP contribution in [-0.2, 0) is 6.42 Å². The fraction of sp³-hybridized carbons (Fsp3) is 0.130. The zero-order valence-corrected chi connectivity index (χ0v) is 17.5. The number of halogens is 3. The molecular weight excluding hydrogens is 433 g/mol. The van der Waals surface area contributed by atoms with Crippen molar-refractivity contribution in [3.8, 4) is 5.69 Å². The predicted molar refractivity (Wildman–Crippen MR) is 120 cm³/mol. The summed E-state index contributed by atoms with van der Waals surface area (Å²) in [6.07, 6.45) is 4.04. The number of nitrogens with one attached hydrogen (secondary N) is 1. The topological polar surface area (TPSA) is 102 Å². The number of aryl methyl sites for hydroxylation is 1. The molecule has 0 saturated carbocycles. The Balaban J connectivity index is 0.000000214. The highest BCUT2D eigenvalue weighted by atomic mass is 19.1. The molecular formula is C23H19F3N6O. The Morgan fingerprint density at radius 3 is 2.39 bits per heavy atom. The maximum absolute atomic E-state index is 14.1. The second kappa shape index (κ2) is 9.11. The molecule has 33 heavy (non-hydrogen) atoms. The number of nitrogens with zero attached hydrogens (tertiary/aromatic N) is 4. The summed E-state index contributed by atoms with van der Waals surface area (Å²) in [5.41, 5.74) is 6.00. The largest absolute Gasteiger partial charge is 0.382 e. The van der Waals surface area contributed by atoms with Gasteiger partial charge in [0.25, 0.3) is 5.56 Å². The van der Waals surface area contributed by atoms with Crippen LogP contribution in [0, 0.1) is 17.5 Å². The van der Waals surface area contributed by atoms with E-state index < -0.39 is 28.7 Å². The van der Waals surface area contributed by atoms with Crippen LogP contribution in [0.15, 0.2) is 59.9 Å². The summed E-state index contributed by atoms with van der Waals surface area (Å²) >= 11 is 0. The van der Waals surface area contributed by atoms with Gasteiger partial charge in [-0.1, -0.05) is 31.5 Å². The van der Waals surface area contributed by atoms with Gasteiger partial charge in [-0.2, -0.15) is 0 Å². The summed E-state index contributed by atoms with van der Waals surface area (Å²) in [6, 6.07) is 9.25. The molecule has 3 heterocycles. The molecule has 0 fully saturated rings. The second-order valence-electron chi connectivity index (χ2n) is 7.16. The second-order valence-corrected chi connectivity index (χ2v) is 7.16. The van der Waals surface area contributed by atoms with E-state index in [4.69, 9.17) is 5.73 Å². The molecule has 0 unspecified atom stereocenters. The van der Waals surface area contributed by atoms with Crippen molar-refractivity contribution in [2.75, 3.05) is 5.73 Å². The van der Waals surface area contributed by atoms with Gasteiger partial charge < -0.3 is 10.7 Å². The summed E-state index contributed by atoms with van der Waals surface area (Å²) in [5.74, 6) is -2.00. The quantitative estimate of drug-likeness (QED) is 0.425. The molecule has 0 saturated heterocycles. The normalized spacial score (nSPS) is 10.9. The van der Waals surface area contributed by atoms with E-state index in [-0.39, 0.29) is 5.39 Å². The first-order chi connectivity index (χ1) is 15.9. The number of nitrogen functional groups attached to an aromatic ring is 1. The highest BCUT2D eigenvalue weighted by Crippen LogP contribution is 2.23. The Hall–Kier alpha value is -4.21. The molecule has 0 aliphatic rings. The smallest absolute Gasteiger partial charge is 0.266 e. The number of aromatic amines is 1. The van der Waals surface area contributed by atoms with Gasteiger partial charge in [0.2, 0.25) is 0 Å². The summed E-state index contributed by atoms with van der Waals surface area (Å²) in [4.78, 5) is 27.1. The van der Waals surface area contributed by atoms with Gasteiger partial charge in [-0.05, 0) is 36.1 Å². The van der Waals surface area contributed by atoms with Gasteiger partial charge in [0.15, 0.2) is 11.5 Å². The van der Waals surface area contributed by atoms with E-state index in [2.05, 4.69) is 19.9 Å². The number of hydrogen-bond donors (Lipinski definition) is 2. The number of anilines is 1. The molecule has 0 spiro atoms. The Kier molecular flexibility index (Phi) is 6.07. The number of rotatable bonds is 3. The van der Waals surface area contributed by atoms with Crippen LogP contribution >= 0.6 is 0 Å². The van der Waals surface area contributed by atoms with Crippen LogP contribution < -0.4 is 11.3 Å². The molecule has 0 aliphatic heterocycles. The van der Waals surface area contributed by atoms with Crippen LogP contribution in [0.2, 0.25) is 0 Å². The van der Waals surface area contributed by atoms with E-state index in [1.165, 1.54) is 24.8 Å². The first-order valence-electron chi connectivity index (χ1n) is 10.1. The molecule has 0 bridgehead atoms. The molecule has 3 N–H and O–H groups in total. The predicted octanol–water partition coefficient (Wildman–Crippen LogP) is 4.30. The van der Waals surface area contributed by atoms with Crippen molar-refractivity contribution in [2.45, 2.75) is 19.8 Å². The number of aromatic nitrogens is 5. The van der Waals surface area contributed by atoms with Gasteiger partial charge in [0.05, 0.1) is 11.7 Å². The van der Waals surface area contributed by atoms with Crippen molar-refractivity contribution in [3.05, 3.63) is 88.6 Å². The van der Waals surface area contributed by atoms with Gasteiger partial charge >= 0.3 is 0 Å². The van der Waals surface area contributed by atoms with E-state index in [0.29, 0.717) is 40.9 Å². The third kappa shape index (κ3) is 4.14. The van der Waals surface area contributed by atoms with Crippen LogP contribution in [0.3, 0.4) is 0 Å². The number of benzene rings is 2. The monoisotopic (exact) mass is 452 g/mol. The highest BCUT2D eigenvalue weighted by Gasteiger charge is 2.19. The average Bonchev–Trinajstić information content (AvgIpc) is 3.26. The number of para-hydroxylation sites is 1. The fourth-order valence-electron chi connectivity index (χ4n) is 3.54. The van der Waals surface area contributed by atoms with Crippen LogP contribution in [0.5, 0.6) is 0 Å². The van der Waals surface area contributed by atoms with Crippen LogP contribution in [0.25, 0.3) is 27.6 Å². The van der Waals surface area contributed by atoms with Crippen LogP contribution in [-0.4, -0.2) is 24.5 Å². The molecule has 3 aromatic heterocycles. The number of hydrogen-bond acceptors (Lipinski definition) is 5. The number of H-pyrrole nitrogens is 1. The summed E-state index contributed by atoms with van der Waals surface area (Å²) in [6.45, 7) is 1.89. The Morgan fingerprint density at radius 1 is 1.00 bits per heavy atom. The molecule has 0 radical (unpaired) electrons. The first kappa shape index (κ1) is 22.0. The van der Waals surface area contributed by atoms with Gasteiger partial charge in [0.1, 0.15) is 35.0 Å². The molecule has 2 aromatic carbocycles. The minimum Gasteiger partial charge on any atom is -0.382 e. The summed E-state index contributed by atoms with van der Waals surface area (Å²) < 4.78 is 43.3. The minimum atomic E-state index is -0.861. The van der Waals surface area contributed by atoms with E-state index >= 15 is 0 Å². The SMILES string of the molecule is CCCc1cc2cccc(F)c2c(=O)n1-c1c(F)cccc1F.Nc1ncnc2nc[nH]c12. The molecule has 0 amide bonds. The maximum atomic E-state index is 14.1. The molecule has 7 nitrogen and oxygen atoms in total. The van der Waals surface area contributed by atoms with E-state index in [1.807, 2.05) is 6.92 Å². The van der Waals surface area contributed by atoms with Gasteiger partial charge in [0, 0.05) is 5.69 Å². The minimum absolute atomic E-state index is 0.171.